The van der Waals surface area contributed by atoms with E-state index in [1.54, 1.807) is 67.2 Å². The third kappa shape index (κ3) is 6.90. The van der Waals surface area contributed by atoms with E-state index in [0.29, 0.717) is 59.4 Å². The molecule has 0 bridgehead atoms. The Morgan fingerprint density at radius 2 is 1.85 bits per heavy atom. The van der Waals surface area contributed by atoms with Crippen LogP contribution in [-0.4, -0.2) is 80.1 Å². The molecule has 1 aromatic carbocycles. The van der Waals surface area contributed by atoms with Crippen molar-refractivity contribution >= 4 is 51.1 Å². The molecular formula is C25H29BrClN7O5. The van der Waals surface area contributed by atoms with Gasteiger partial charge in [0.05, 0.1) is 22.5 Å². The Kier molecular flexibility index (Phi) is 9.12. The number of piperazine rings is 1. The standard InChI is InChI=1S/C25H29BrClN7O5/c1-4-38-25(37)32-11-9-31(10-12-32)24(36)17(3)34-14-21(16(2)29-34)28-23(35)20-7-8-33(30-20)15-39-22-6-5-18(27)13-19(22)26/h5-8,13-14,17H,4,9-12,15H2,1-3H3,(H,28,35). The van der Waals surface area contributed by atoms with Gasteiger partial charge in [-0.3, -0.25) is 14.3 Å². The third-order valence-corrected chi connectivity index (χ3v) is 7.01. The lowest BCUT2D eigenvalue weighted by atomic mass is 10.2. The molecule has 1 atom stereocenters. The van der Waals surface area contributed by atoms with Crippen LogP contribution in [0.2, 0.25) is 5.02 Å². The molecule has 14 heteroatoms. The van der Waals surface area contributed by atoms with Crippen molar-refractivity contribution in [1.29, 1.82) is 0 Å². The van der Waals surface area contributed by atoms with Crippen molar-refractivity contribution in [1.82, 2.24) is 29.4 Å². The first-order valence-corrected chi connectivity index (χ1v) is 13.5. The second-order valence-electron chi connectivity index (χ2n) is 8.84. The third-order valence-electron chi connectivity index (χ3n) is 6.16. The number of hydrogen-bond acceptors (Lipinski definition) is 7. The number of hydrogen-bond donors (Lipinski definition) is 1. The van der Waals surface area contributed by atoms with Crippen LogP contribution in [-0.2, 0) is 16.3 Å². The predicted octanol–water partition coefficient (Wildman–Crippen LogP) is 3.95. The monoisotopic (exact) mass is 621 g/mol. The van der Waals surface area contributed by atoms with Crippen molar-refractivity contribution in [3.8, 4) is 5.75 Å². The van der Waals surface area contributed by atoms with E-state index in [-0.39, 0.29) is 24.4 Å². The number of carbonyl (C=O) groups is 3. The van der Waals surface area contributed by atoms with Gasteiger partial charge in [-0.25, -0.2) is 9.48 Å². The molecule has 0 spiro atoms. The minimum atomic E-state index is -0.591. The average molecular weight is 623 g/mol. The van der Waals surface area contributed by atoms with E-state index >= 15 is 0 Å². The first-order chi connectivity index (χ1) is 18.7. The quantitative estimate of drug-likeness (QED) is 0.403. The molecule has 4 rings (SSSR count). The van der Waals surface area contributed by atoms with E-state index in [4.69, 9.17) is 21.1 Å². The van der Waals surface area contributed by atoms with E-state index in [1.807, 2.05) is 0 Å². The molecule has 12 nitrogen and oxygen atoms in total. The van der Waals surface area contributed by atoms with Crippen molar-refractivity contribution < 1.29 is 23.9 Å². The Hall–Kier alpha value is -3.58. The number of aryl methyl sites for hydroxylation is 1. The zero-order valence-electron chi connectivity index (χ0n) is 21.8. The summed E-state index contributed by atoms with van der Waals surface area (Å²) in [6.07, 6.45) is 2.90. The Morgan fingerprint density at radius 3 is 2.54 bits per heavy atom. The highest BCUT2D eigenvalue weighted by Gasteiger charge is 2.29. The van der Waals surface area contributed by atoms with Gasteiger partial charge in [-0.2, -0.15) is 10.2 Å². The van der Waals surface area contributed by atoms with Gasteiger partial charge in [-0.15, -0.1) is 0 Å². The number of benzene rings is 1. The highest BCUT2D eigenvalue weighted by atomic mass is 79.9. The molecule has 0 saturated carbocycles. The summed E-state index contributed by atoms with van der Waals surface area (Å²) in [4.78, 5) is 41.1. The highest BCUT2D eigenvalue weighted by Crippen LogP contribution is 2.28. The molecule has 3 aromatic rings. The lowest BCUT2D eigenvalue weighted by molar-refractivity contribution is -0.136. The van der Waals surface area contributed by atoms with Crippen molar-refractivity contribution in [3.63, 3.8) is 0 Å². The molecule has 0 radical (unpaired) electrons. The van der Waals surface area contributed by atoms with Crippen molar-refractivity contribution in [3.05, 3.63) is 57.5 Å². The molecular weight excluding hydrogens is 594 g/mol. The summed E-state index contributed by atoms with van der Waals surface area (Å²) in [5.41, 5.74) is 1.23. The topological polar surface area (TPSA) is 124 Å². The predicted molar refractivity (Wildman–Crippen MR) is 147 cm³/mol. The van der Waals surface area contributed by atoms with Gasteiger partial charge in [0, 0.05) is 43.6 Å². The summed E-state index contributed by atoms with van der Waals surface area (Å²) in [6, 6.07) is 6.16. The van der Waals surface area contributed by atoms with Gasteiger partial charge in [0.2, 0.25) is 5.91 Å². The number of aromatic nitrogens is 4. The zero-order chi connectivity index (χ0) is 28.1. The second-order valence-corrected chi connectivity index (χ2v) is 10.1. The summed E-state index contributed by atoms with van der Waals surface area (Å²) in [5.74, 6) is 0.0524. The molecule has 1 aliphatic rings. The lowest BCUT2D eigenvalue weighted by Gasteiger charge is -2.35. The normalized spacial score (nSPS) is 14.2. The van der Waals surface area contributed by atoms with E-state index in [9.17, 15) is 14.4 Å². The van der Waals surface area contributed by atoms with Crippen LogP contribution in [0.5, 0.6) is 5.75 Å². The van der Waals surface area contributed by atoms with Crippen LogP contribution in [0.15, 0.2) is 41.1 Å². The van der Waals surface area contributed by atoms with Crippen LogP contribution in [0, 0.1) is 6.92 Å². The molecule has 3 heterocycles. The summed E-state index contributed by atoms with van der Waals surface area (Å²) in [7, 11) is 0. The first-order valence-electron chi connectivity index (χ1n) is 12.3. The lowest BCUT2D eigenvalue weighted by Crippen LogP contribution is -2.52. The Labute approximate surface area is 238 Å². The molecule has 0 aliphatic carbocycles. The van der Waals surface area contributed by atoms with Crippen LogP contribution in [0.4, 0.5) is 10.5 Å². The van der Waals surface area contributed by atoms with Crippen LogP contribution >= 0.6 is 27.5 Å². The number of nitrogens with one attached hydrogen (secondary N) is 1. The van der Waals surface area contributed by atoms with Gasteiger partial charge in [-0.1, -0.05) is 11.6 Å². The second kappa shape index (κ2) is 12.5. The molecule has 3 amide bonds. The van der Waals surface area contributed by atoms with Crippen LogP contribution < -0.4 is 10.1 Å². The largest absolute Gasteiger partial charge is 0.470 e. The first kappa shape index (κ1) is 28.4. The van der Waals surface area contributed by atoms with E-state index < -0.39 is 11.9 Å². The molecule has 208 valence electrons. The number of amides is 3. The van der Waals surface area contributed by atoms with Crippen molar-refractivity contribution in [2.75, 3.05) is 38.1 Å². The summed E-state index contributed by atoms with van der Waals surface area (Å²) < 4.78 is 14.5. The van der Waals surface area contributed by atoms with Crippen molar-refractivity contribution in [2.24, 2.45) is 0 Å². The zero-order valence-corrected chi connectivity index (χ0v) is 24.1. The Bertz CT molecular complexity index is 1350. The Balaban J connectivity index is 1.32. The molecule has 1 fully saturated rings. The average Bonchev–Trinajstić information content (AvgIpc) is 3.54. The Morgan fingerprint density at radius 1 is 1.13 bits per heavy atom. The van der Waals surface area contributed by atoms with Crippen LogP contribution in [0.25, 0.3) is 0 Å². The number of nitrogens with zero attached hydrogens (tertiary/aromatic N) is 6. The van der Waals surface area contributed by atoms with Gasteiger partial charge in [-0.05, 0) is 61.0 Å². The van der Waals surface area contributed by atoms with Gasteiger partial charge < -0.3 is 24.6 Å². The molecule has 2 aromatic heterocycles. The van der Waals surface area contributed by atoms with Crippen LogP contribution in [0.3, 0.4) is 0 Å². The number of ether oxygens (including phenoxy) is 2. The number of anilines is 1. The maximum Gasteiger partial charge on any atom is 0.409 e. The fourth-order valence-electron chi connectivity index (χ4n) is 3.97. The fraction of sp³-hybridized carbons (Fsp3) is 0.400. The molecule has 1 aliphatic heterocycles. The number of rotatable bonds is 8. The molecule has 1 saturated heterocycles. The summed E-state index contributed by atoms with van der Waals surface area (Å²) in [5, 5.41) is 12.1. The maximum absolute atomic E-state index is 13.1. The number of carbonyl (C=O) groups excluding carboxylic acids is 3. The van der Waals surface area contributed by atoms with Crippen molar-refractivity contribution in [2.45, 2.75) is 33.5 Å². The molecule has 39 heavy (non-hydrogen) atoms. The van der Waals surface area contributed by atoms with Gasteiger partial charge in [0.1, 0.15) is 11.8 Å². The maximum atomic E-state index is 13.1. The SMILES string of the molecule is CCOC(=O)N1CCN(C(=O)C(C)n2cc(NC(=O)c3ccn(COc4ccc(Cl)cc4Br)n3)c(C)n2)CC1. The van der Waals surface area contributed by atoms with E-state index in [2.05, 4.69) is 31.4 Å². The smallest absolute Gasteiger partial charge is 0.409 e. The minimum Gasteiger partial charge on any atom is -0.470 e. The summed E-state index contributed by atoms with van der Waals surface area (Å²) in [6.45, 7) is 7.30. The summed E-state index contributed by atoms with van der Waals surface area (Å²) >= 11 is 9.35. The minimum absolute atomic E-state index is 0.0954. The van der Waals surface area contributed by atoms with E-state index in [0.717, 1.165) is 0 Å². The number of halogens is 2. The molecule has 1 unspecified atom stereocenters. The van der Waals surface area contributed by atoms with Gasteiger partial charge >= 0.3 is 6.09 Å². The van der Waals surface area contributed by atoms with Gasteiger partial charge in [0.25, 0.3) is 5.91 Å². The van der Waals surface area contributed by atoms with Gasteiger partial charge in [0.15, 0.2) is 12.4 Å². The van der Waals surface area contributed by atoms with Crippen LogP contribution in [0.1, 0.15) is 36.1 Å². The highest BCUT2D eigenvalue weighted by molar-refractivity contribution is 9.10. The fourth-order valence-corrected chi connectivity index (χ4v) is 4.77. The van der Waals surface area contributed by atoms with E-state index in [1.165, 1.54) is 9.36 Å². The molecule has 1 N–H and O–H groups in total.